The molecule has 0 aliphatic heterocycles. The molecule has 160 valence electrons. The summed E-state index contributed by atoms with van der Waals surface area (Å²) >= 11 is 0. The molecule has 0 aliphatic rings. The molecule has 0 saturated heterocycles. The Labute approximate surface area is 185 Å². The zero-order valence-corrected chi connectivity index (χ0v) is 17.7. The highest BCUT2D eigenvalue weighted by atomic mass is 16.3. The van der Waals surface area contributed by atoms with Gasteiger partial charge in [-0.15, -0.1) is 0 Å². The molecule has 0 atom stereocenters. The second kappa shape index (κ2) is 8.20. The first-order valence-electron chi connectivity index (χ1n) is 10.5. The van der Waals surface area contributed by atoms with Crippen molar-refractivity contribution in [2.24, 2.45) is 12.8 Å². The van der Waals surface area contributed by atoms with Gasteiger partial charge in [-0.25, -0.2) is 4.98 Å². The standard InChI is InChI=1S/C25H24N6O/c1-31-23(25-28-20-12-7-17(14-26)13-21(20)29-25)24(32)22(30-31)18-8-10-19(11-9-18)27-15-16-5-3-2-4-6-16/h2-13,27,32H,14-15,26H2,1H3,(H,28,29). The van der Waals surface area contributed by atoms with Gasteiger partial charge >= 0.3 is 0 Å². The van der Waals surface area contributed by atoms with E-state index in [1.807, 2.05) is 60.7 Å². The van der Waals surface area contributed by atoms with Crippen LogP contribution in [-0.2, 0) is 20.1 Å². The van der Waals surface area contributed by atoms with Crippen molar-refractivity contribution in [3.05, 3.63) is 83.9 Å². The number of nitrogens with one attached hydrogen (secondary N) is 2. The molecular weight excluding hydrogens is 400 g/mol. The molecule has 0 radical (unpaired) electrons. The highest BCUT2D eigenvalue weighted by Gasteiger charge is 2.21. The summed E-state index contributed by atoms with van der Waals surface area (Å²) in [4.78, 5) is 7.90. The summed E-state index contributed by atoms with van der Waals surface area (Å²) < 4.78 is 1.65. The van der Waals surface area contributed by atoms with Crippen molar-refractivity contribution >= 4 is 16.7 Å². The summed E-state index contributed by atoms with van der Waals surface area (Å²) in [5, 5.41) is 18.9. The summed E-state index contributed by atoms with van der Waals surface area (Å²) in [7, 11) is 1.80. The first-order chi connectivity index (χ1) is 15.6. The number of fused-ring (bicyclic) bond motifs is 1. The van der Waals surface area contributed by atoms with Crippen LogP contribution in [0.1, 0.15) is 11.1 Å². The zero-order chi connectivity index (χ0) is 22.1. The Kier molecular flexibility index (Phi) is 5.09. The van der Waals surface area contributed by atoms with Gasteiger partial charge in [0.05, 0.1) is 11.0 Å². The number of anilines is 1. The summed E-state index contributed by atoms with van der Waals surface area (Å²) in [5.74, 6) is 0.657. The zero-order valence-electron chi connectivity index (χ0n) is 17.7. The van der Waals surface area contributed by atoms with Gasteiger partial charge in [0.2, 0.25) is 0 Å². The molecule has 5 aromatic rings. The van der Waals surface area contributed by atoms with E-state index in [1.165, 1.54) is 5.56 Å². The van der Waals surface area contributed by atoms with E-state index in [2.05, 4.69) is 32.5 Å². The molecule has 0 unspecified atom stereocenters. The molecule has 0 saturated carbocycles. The molecule has 0 amide bonds. The molecule has 2 heterocycles. The van der Waals surface area contributed by atoms with Crippen LogP contribution in [0.25, 0.3) is 33.8 Å². The van der Waals surface area contributed by atoms with Gasteiger partial charge < -0.3 is 21.1 Å². The van der Waals surface area contributed by atoms with E-state index in [0.717, 1.165) is 34.4 Å². The monoisotopic (exact) mass is 424 g/mol. The van der Waals surface area contributed by atoms with Crippen LogP contribution in [0.4, 0.5) is 5.69 Å². The maximum atomic E-state index is 11.0. The van der Waals surface area contributed by atoms with Crippen LogP contribution in [0.15, 0.2) is 72.8 Å². The van der Waals surface area contributed by atoms with Crippen molar-refractivity contribution in [1.29, 1.82) is 0 Å². The second-order valence-corrected chi connectivity index (χ2v) is 7.73. The number of rotatable bonds is 6. The van der Waals surface area contributed by atoms with E-state index in [9.17, 15) is 5.11 Å². The van der Waals surface area contributed by atoms with E-state index < -0.39 is 0 Å². The van der Waals surface area contributed by atoms with Crippen molar-refractivity contribution in [3.8, 4) is 28.5 Å². The predicted molar refractivity (Wildman–Crippen MR) is 127 cm³/mol. The average molecular weight is 425 g/mol. The van der Waals surface area contributed by atoms with Gasteiger partial charge in [0.1, 0.15) is 11.4 Å². The third-order valence-electron chi connectivity index (χ3n) is 5.53. The van der Waals surface area contributed by atoms with Gasteiger partial charge in [-0.2, -0.15) is 5.10 Å². The Hall–Kier alpha value is -4.10. The first-order valence-corrected chi connectivity index (χ1v) is 10.5. The normalized spacial score (nSPS) is 11.2. The molecule has 32 heavy (non-hydrogen) atoms. The van der Waals surface area contributed by atoms with Crippen LogP contribution in [0.2, 0.25) is 0 Å². The number of nitrogens with two attached hydrogens (primary N) is 1. The molecule has 7 heteroatoms. The number of aryl methyl sites for hydroxylation is 1. The fraction of sp³-hybridized carbons (Fsp3) is 0.120. The number of imidazole rings is 1. The summed E-state index contributed by atoms with van der Waals surface area (Å²) in [5.41, 5.74) is 12.5. The van der Waals surface area contributed by atoms with Crippen molar-refractivity contribution in [2.45, 2.75) is 13.1 Å². The lowest BCUT2D eigenvalue weighted by Gasteiger charge is -2.07. The molecule has 5 N–H and O–H groups in total. The van der Waals surface area contributed by atoms with Gasteiger partial charge in [-0.1, -0.05) is 48.5 Å². The van der Waals surface area contributed by atoms with Crippen LogP contribution in [-0.4, -0.2) is 24.9 Å². The highest BCUT2D eigenvalue weighted by molar-refractivity contribution is 5.83. The van der Waals surface area contributed by atoms with E-state index in [4.69, 9.17) is 5.73 Å². The highest BCUT2D eigenvalue weighted by Crippen LogP contribution is 2.37. The number of aromatic hydroxyl groups is 1. The summed E-state index contributed by atoms with van der Waals surface area (Å²) in [6.45, 7) is 1.21. The smallest absolute Gasteiger partial charge is 0.173 e. The number of hydrogen-bond donors (Lipinski definition) is 4. The fourth-order valence-corrected chi connectivity index (χ4v) is 3.81. The Bertz CT molecular complexity index is 1370. The van der Waals surface area contributed by atoms with Crippen molar-refractivity contribution in [2.75, 3.05) is 5.32 Å². The number of hydrogen-bond acceptors (Lipinski definition) is 5. The Morgan fingerprint density at radius 1 is 1.00 bits per heavy atom. The van der Waals surface area contributed by atoms with E-state index >= 15 is 0 Å². The van der Waals surface area contributed by atoms with Crippen LogP contribution in [0.3, 0.4) is 0 Å². The molecule has 0 bridgehead atoms. The van der Waals surface area contributed by atoms with Gasteiger partial charge in [-0.05, 0) is 35.4 Å². The largest absolute Gasteiger partial charge is 0.504 e. The third kappa shape index (κ3) is 3.70. The third-order valence-corrected chi connectivity index (χ3v) is 5.53. The minimum atomic E-state index is 0.0931. The average Bonchev–Trinajstić information content (AvgIpc) is 3.37. The van der Waals surface area contributed by atoms with Crippen LogP contribution < -0.4 is 11.1 Å². The minimum Gasteiger partial charge on any atom is -0.504 e. The number of nitrogens with zero attached hydrogens (tertiary/aromatic N) is 3. The Morgan fingerprint density at radius 3 is 2.53 bits per heavy atom. The lowest BCUT2D eigenvalue weighted by atomic mass is 10.1. The molecule has 2 aromatic heterocycles. The second-order valence-electron chi connectivity index (χ2n) is 7.73. The van der Waals surface area contributed by atoms with Crippen molar-refractivity contribution in [1.82, 2.24) is 19.7 Å². The molecule has 7 nitrogen and oxygen atoms in total. The van der Waals surface area contributed by atoms with Gasteiger partial charge in [-0.3, -0.25) is 4.68 Å². The van der Waals surface area contributed by atoms with Gasteiger partial charge in [0.15, 0.2) is 11.6 Å². The first kappa shape index (κ1) is 19.8. The van der Waals surface area contributed by atoms with Crippen molar-refractivity contribution < 1.29 is 5.11 Å². The molecule has 5 rings (SSSR count). The molecule has 0 spiro atoms. The number of aromatic nitrogens is 4. The molecule has 0 aliphatic carbocycles. The summed E-state index contributed by atoms with van der Waals surface area (Å²) in [6.07, 6.45) is 0. The van der Waals surface area contributed by atoms with Gasteiger partial charge in [0.25, 0.3) is 0 Å². The number of H-pyrrole nitrogens is 1. The Balaban J connectivity index is 1.41. The van der Waals surface area contributed by atoms with E-state index in [-0.39, 0.29) is 5.75 Å². The Morgan fingerprint density at radius 2 is 1.78 bits per heavy atom. The number of benzene rings is 3. The molecular formula is C25H24N6O. The van der Waals surface area contributed by atoms with Crippen molar-refractivity contribution in [3.63, 3.8) is 0 Å². The quantitative estimate of drug-likeness (QED) is 0.323. The maximum absolute atomic E-state index is 11.0. The maximum Gasteiger partial charge on any atom is 0.173 e. The lowest BCUT2D eigenvalue weighted by molar-refractivity contribution is 0.478. The van der Waals surface area contributed by atoms with Crippen LogP contribution >= 0.6 is 0 Å². The minimum absolute atomic E-state index is 0.0931. The van der Waals surface area contributed by atoms with E-state index in [0.29, 0.717) is 23.8 Å². The lowest BCUT2D eigenvalue weighted by Crippen LogP contribution is -1.98. The topological polar surface area (TPSA) is 105 Å². The van der Waals surface area contributed by atoms with Crippen LogP contribution in [0.5, 0.6) is 5.75 Å². The van der Waals surface area contributed by atoms with Crippen LogP contribution in [0, 0.1) is 0 Å². The number of aromatic amines is 1. The molecule has 0 fully saturated rings. The summed E-state index contributed by atoms with van der Waals surface area (Å²) in [6, 6.07) is 24.0. The van der Waals surface area contributed by atoms with E-state index in [1.54, 1.807) is 11.7 Å². The fourth-order valence-electron chi connectivity index (χ4n) is 3.81. The predicted octanol–water partition coefficient (Wildman–Crippen LogP) is 4.41. The SMILES string of the molecule is Cn1nc(-c2ccc(NCc3ccccc3)cc2)c(O)c1-c1nc2ccc(CN)cc2[nH]1. The molecule has 3 aromatic carbocycles. The van der Waals surface area contributed by atoms with Gasteiger partial charge in [0, 0.05) is 31.4 Å².